The Morgan fingerprint density at radius 1 is 1.30 bits per heavy atom. The molecule has 3 aromatic rings. The molecule has 0 spiro atoms. The number of benzene rings is 2. The van der Waals surface area contributed by atoms with Crippen molar-refractivity contribution in [2.75, 3.05) is 6.61 Å². The number of rotatable bonds is 6. The van der Waals surface area contributed by atoms with Crippen LogP contribution in [0.1, 0.15) is 69.6 Å². The van der Waals surface area contributed by atoms with Gasteiger partial charge in [0.1, 0.15) is 16.7 Å². The van der Waals surface area contributed by atoms with Crippen molar-refractivity contribution in [3.05, 3.63) is 76.3 Å². The summed E-state index contributed by atoms with van der Waals surface area (Å²) in [6.45, 7) is 8.50. The number of halogens is 2. The Labute approximate surface area is 223 Å². The molecule has 0 saturated heterocycles. The van der Waals surface area contributed by atoms with Crippen molar-refractivity contribution < 1.29 is 13.9 Å². The maximum Gasteiger partial charge on any atom is 0.169 e. The fraction of sp³-hybridized carbons (Fsp3) is 0.400. The van der Waals surface area contributed by atoms with Gasteiger partial charge in [0, 0.05) is 16.7 Å². The summed E-state index contributed by atoms with van der Waals surface area (Å²) in [6.07, 6.45) is 7.68. The number of hydrogen-bond donors (Lipinski definition) is 2. The maximum absolute atomic E-state index is 13.7. The number of H-pyrrole nitrogens is 1. The van der Waals surface area contributed by atoms with Crippen LogP contribution in [0.4, 0.5) is 4.39 Å². The fourth-order valence-corrected chi connectivity index (χ4v) is 4.83. The van der Waals surface area contributed by atoms with Gasteiger partial charge in [0.25, 0.3) is 0 Å². The molecule has 0 radical (unpaired) electrons. The Kier molecular flexibility index (Phi) is 8.20. The molecule has 1 aliphatic carbocycles. The highest BCUT2D eigenvalue weighted by Crippen LogP contribution is 2.36. The van der Waals surface area contributed by atoms with E-state index in [-0.39, 0.29) is 30.0 Å². The molecule has 2 heterocycles. The molecule has 1 aromatic heterocycles. The smallest absolute Gasteiger partial charge is 0.169 e. The first-order valence-electron chi connectivity index (χ1n) is 12.9. The largest absolute Gasteiger partial charge is 0.493 e. The van der Waals surface area contributed by atoms with E-state index >= 15 is 0 Å². The zero-order valence-electron chi connectivity index (χ0n) is 21.9. The van der Waals surface area contributed by atoms with Crippen molar-refractivity contribution in [2.24, 2.45) is 11.7 Å². The van der Waals surface area contributed by atoms with Gasteiger partial charge in [0.05, 0.1) is 18.7 Å². The molecule has 196 valence electrons. The number of nitrogens with zero attached hydrogens (tertiary/aromatic N) is 1. The SMILES string of the molecule is C/C=C(/C(=O)C1COc2ccc(F)cc2C1)c1ccc(-c2cn[nH]c2Cl)cc1C(C)C.CCC1(N)CC1. The second-order valence-corrected chi connectivity index (χ2v) is 10.7. The van der Waals surface area contributed by atoms with Crippen molar-refractivity contribution in [3.63, 3.8) is 0 Å². The number of aromatic nitrogens is 2. The number of nitrogens with two attached hydrogens (primary N) is 1. The zero-order chi connectivity index (χ0) is 26.7. The topological polar surface area (TPSA) is 81.0 Å². The highest BCUT2D eigenvalue weighted by atomic mass is 35.5. The van der Waals surface area contributed by atoms with E-state index in [9.17, 15) is 9.18 Å². The predicted octanol–water partition coefficient (Wildman–Crippen LogP) is 7.10. The van der Waals surface area contributed by atoms with Crippen LogP contribution in [0.25, 0.3) is 16.7 Å². The van der Waals surface area contributed by atoms with Crippen molar-refractivity contribution in [1.29, 1.82) is 0 Å². The molecule has 0 amide bonds. The van der Waals surface area contributed by atoms with E-state index in [1.807, 2.05) is 25.1 Å². The Morgan fingerprint density at radius 3 is 2.62 bits per heavy atom. The van der Waals surface area contributed by atoms with Gasteiger partial charge >= 0.3 is 0 Å². The first kappa shape index (κ1) is 27.1. The highest BCUT2D eigenvalue weighted by molar-refractivity contribution is 6.32. The lowest BCUT2D eigenvalue weighted by Crippen LogP contribution is -2.29. The first-order chi connectivity index (χ1) is 17.7. The lowest BCUT2D eigenvalue weighted by atomic mass is 9.83. The average Bonchev–Trinajstić information content (AvgIpc) is 3.49. The number of Topliss-reactive ketones (excluding diaryl/α,β-unsaturated/α-hetero) is 1. The molecule has 37 heavy (non-hydrogen) atoms. The van der Waals surface area contributed by atoms with E-state index in [2.05, 4.69) is 37.0 Å². The monoisotopic (exact) mass is 523 g/mol. The molecule has 0 bridgehead atoms. The minimum absolute atomic E-state index is 0.00778. The standard InChI is InChI=1S/C25H24ClFN2O2.C5H11N/c1-4-19(24(30)17-9-16-10-18(27)6-8-23(16)31-13-17)20-7-5-15(11-21(20)14(2)3)22-12-28-29-25(22)26;1-2-5(6)3-4-5/h4-8,10-12,14,17H,9,13H2,1-3H3,(H,28,29);2-4,6H2,1H3/b19-4+;. The third-order valence-corrected chi connectivity index (χ3v) is 7.61. The maximum atomic E-state index is 13.7. The van der Waals surface area contributed by atoms with Crippen LogP contribution >= 0.6 is 11.6 Å². The molecule has 5 nitrogen and oxygen atoms in total. The molecule has 2 aliphatic rings. The molecule has 1 atom stereocenters. The van der Waals surface area contributed by atoms with Gasteiger partial charge in [0.15, 0.2) is 5.78 Å². The number of carbonyl (C=O) groups excluding carboxylic acids is 1. The summed E-state index contributed by atoms with van der Waals surface area (Å²) in [4.78, 5) is 13.5. The summed E-state index contributed by atoms with van der Waals surface area (Å²) >= 11 is 6.22. The molecule has 3 N–H and O–H groups in total. The number of hydrogen-bond acceptors (Lipinski definition) is 4. The van der Waals surface area contributed by atoms with Gasteiger partial charge in [-0.05, 0) is 79.0 Å². The number of allylic oxidation sites excluding steroid dienone is 2. The van der Waals surface area contributed by atoms with Gasteiger partial charge in [-0.15, -0.1) is 0 Å². The van der Waals surface area contributed by atoms with Crippen LogP contribution in [0.2, 0.25) is 5.15 Å². The summed E-state index contributed by atoms with van der Waals surface area (Å²) in [5, 5.41) is 7.23. The average molecular weight is 524 g/mol. The minimum atomic E-state index is -0.358. The van der Waals surface area contributed by atoms with Crippen molar-refractivity contribution in [1.82, 2.24) is 10.2 Å². The number of fused-ring (bicyclic) bond motifs is 1. The van der Waals surface area contributed by atoms with Gasteiger partial charge in [-0.25, -0.2) is 4.39 Å². The normalized spacial score (nSPS) is 17.9. The number of aromatic amines is 1. The lowest BCUT2D eigenvalue weighted by Gasteiger charge is -2.26. The van der Waals surface area contributed by atoms with E-state index < -0.39 is 0 Å². The number of ketones is 1. The Bertz CT molecular complexity index is 1310. The molecular weight excluding hydrogens is 489 g/mol. The van der Waals surface area contributed by atoms with Crippen LogP contribution in [0.3, 0.4) is 0 Å². The first-order valence-corrected chi connectivity index (χ1v) is 13.3. The summed E-state index contributed by atoms with van der Waals surface area (Å²) in [5.74, 6) is 0.173. The van der Waals surface area contributed by atoms with E-state index in [1.165, 1.54) is 25.0 Å². The molecule has 1 saturated carbocycles. The fourth-order valence-electron chi connectivity index (χ4n) is 4.62. The Hall–Kier alpha value is -2.96. The molecule has 2 aromatic carbocycles. The van der Waals surface area contributed by atoms with Crippen molar-refractivity contribution in [3.8, 4) is 16.9 Å². The van der Waals surface area contributed by atoms with Crippen LogP contribution < -0.4 is 10.5 Å². The second kappa shape index (κ2) is 11.2. The molecule has 1 fully saturated rings. The third-order valence-electron chi connectivity index (χ3n) is 7.32. The van der Waals surface area contributed by atoms with Gasteiger partial charge in [-0.3, -0.25) is 9.89 Å². The summed E-state index contributed by atoms with van der Waals surface area (Å²) in [6, 6.07) is 10.4. The molecule has 5 rings (SSSR count). The Morgan fingerprint density at radius 2 is 2.05 bits per heavy atom. The zero-order valence-corrected chi connectivity index (χ0v) is 22.7. The van der Waals surface area contributed by atoms with E-state index in [1.54, 1.807) is 12.3 Å². The van der Waals surface area contributed by atoms with Gasteiger partial charge < -0.3 is 10.5 Å². The summed E-state index contributed by atoms with van der Waals surface area (Å²) in [5.41, 5.74) is 11.0. The number of ether oxygens (including phenoxy) is 1. The van der Waals surface area contributed by atoms with Crippen LogP contribution in [-0.4, -0.2) is 28.1 Å². The lowest BCUT2D eigenvalue weighted by molar-refractivity contribution is -0.118. The minimum Gasteiger partial charge on any atom is -0.493 e. The molecular formula is C30H35ClFN3O2. The quantitative estimate of drug-likeness (QED) is 0.337. The number of carbonyl (C=O) groups is 1. The molecule has 1 aliphatic heterocycles. The van der Waals surface area contributed by atoms with Gasteiger partial charge in [-0.2, -0.15) is 5.10 Å². The Balaban J connectivity index is 0.000000469. The molecule has 7 heteroatoms. The van der Waals surface area contributed by atoms with Crippen LogP contribution in [0, 0.1) is 11.7 Å². The third kappa shape index (κ3) is 6.13. The van der Waals surface area contributed by atoms with E-state index in [0.29, 0.717) is 28.4 Å². The second-order valence-electron chi connectivity index (χ2n) is 10.3. The molecule has 1 unspecified atom stereocenters. The summed E-state index contributed by atoms with van der Waals surface area (Å²) < 4.78 is 19.4. The van der Waals surface area contributed by atoms with Gasteiger partial charge in [0.2, 0.25) is 0 Å². The van der Waals surface area contributed by atoms with Gasteiger partial charge in [-0.1, -0.05) is 56.6 Å². The van der Waals surface area contributed by atoms with Crippen LogP contribution in [-0.2, 0) is 11.2 Å². The van der Waals surface area contributed by atoms with Crippen molar-refractivity contribution in [2.45, 2.75) is 64.8 Å². The number of nitrogens with one attached hydrogen (secondary N) is 1. The van der Waals surface area contributed by atoms with E-state index in [4.69, 9.17) is 22.1 Å². The van der Waals surface area contributed by atoms with Crippen LogP contribution in [0.5, 0.6) is 5.75 Å². The van der Waals surface area contributed by atoms with Crippen molar-refractivity contribution >= 4 is 23.0 Å². The highest BCUT2D eigenvalue weighted by Gasteiger charge is 2.35. The summed E-state index contributed by atoms with van der Waals surface area (Å²) in [7, 11) is 0. The predicted molar refractivity (Wildman–Crippen MR) is 147 cm³/mol. The van der Waals surface area contributed by atoms with Crippen LogP contribution in [0.15, 0.2) is 48.7 Å². The van der Waals surface area contributed by atoms with E-state index in [0.717, 1.165) is 34.2 Å².